The zero-order chi connectivity index (χ0) is 15.6. The molecule has 1 amide bonds. The first-order valence-corrected chi connectivity index (χ1v) is 7.61. The Balaban J connectivity index is 2.18. The summed E-state index contributed by atoms with van der Waals surface area (Å²) in [6, 6.07) is 11.3. The zero-order valence-corrected chi connectivity index (χ0v) is 14.0. The van der Waals surface area contributed by atoms with Gasteiger partial charge in [-0.3, -0.25) is 4.79 Å². The molecule has 2 aromatic carbocycles. The number of nitrogens with two attached hydrogens (primary N) is 1. The summed E-state index contributed by atoms with van der Waals surface area (Å²) < 4.78 is 1.07. The van der Waals surface area contributed by atoms with Gasteiger partial charge < -0.3 is 11.1 Å². The topological polar surface area (TPSA) is 55.1 Å². The molecule has 110 valence electrons. The van der Waals surface area contributed by atoms with Crippen molar-refractivity contribution in [2.75, 3.05) is 11.1 Å². The lowest BCUT2D eigenvalue weighted by molar-refractivity contribution is -0.117. The molecule has 0 radical (unpaired) electrons. The number of hydrogen-bond acceptors (Lipinski definition) is 2. The van der Waals surface area contributed by atoms with Gasteiger partial charge in [-0.2, -0.15) is 0 Å². The first-order chi connectivity index (χ1) is 9.88. The van der Waals surface area contributed by atoms with Crippen LogP contribution >= 0.6 is 15.9 Å². The third kappa shape index (κ3) is 3.64. The molecule has 1 unspecified atom stereocenters. The van der Waals surface area contributed by atoms with E-state index >= 15 is 0 Å². The van der Waals surface area contributed by atoms with Crippen molar-refractivity contribution in [1.29, 1.82) is 0 Å². The quantitative estimate of drug-likeness (QED) is 0.809. The molecule has 4 heteroatoms. The third-order valence-corrected chi connectivity index (χ3v) is 4.76. The summed E-state index contributed by atoms with van der Waals surface area (Å²) in [6.07, 6.45) is 0. The van der Waals surface area contributed by atoms with Gasteiger partial charge >= 0.3 is 0 Å². The van der Waals surface area contributed by atoms with Gasteiger partial charge in [0.25, 0.3) is 0 Å². The summed E-state index contributed by atoms with van der Waals surface area (Å²) in [5, 5.41) is 2.97. The Morgan fingerprint density at radius 3 is 2.38 bits per heavy atom. The van der Waals surface area contributed by atoms with Gasteiger partial charge in [0, 0.05) is 15.8 Å². The van der Waals surface area contributed by atoms with E-state index in [1.54, 1.807) is 0 Å². The van der Waals surface area contributed by atoms with E-state index in [1.165, 1.54) is 0 Å². The minimum atomic E-state index is -0.252. The smallest absolute Gasteiger partial charge is 0.231 e. The van der Waals surface area contributed by atoms with Gasteiger partial charge in [-0.1, -0.05) is 28.1 Å². The van der Waals surface area contributed by atoms with Crippen molar-refractivity contribution in [1.82, 2.24) is 0 Å². The molecule has 0 aliphatic carbocycles. The zero-order valence-electron chi connectivity index (χ0n) is 12.4. The highest BCUT2D eigenvalue weighted by molar-refractivity contribution is 9.10. The number of aryl methyl sites for hydroxylation is 2. The fourth-order valence-electron chi connectivity index (χ4n) is 2.25. The maximum atomic E-state index is 12.4. The van der Waals surface area contributed by atoms with Gasteiger partial charge in [0.15, 0.2) is 0 Å². The van der Waals surface area contributed by atoms with Crippen LogP contribution in [0.4, 0.5) is 11.4 Å². The molecule has 21 heavy (non-hydrogen) atoms. The van der Waals surface area contributed by atoms with Crippen LogP contribution in [0.2, 0.25) is 0 Å². The molecular weight excluding hydrogens is 328 g/mol. The lowest BCUT2D eigenvalue weighted by atomic mass is 9.99. The van der Waals surface area contributed by atoms with E-state index in [-0.39, 0.29) is 11.8 Å². The Labute approximate surface area is 133 Å². The Bertz CT molecular complexity index is 659. The average Bonchev–Trinajstić information content (AvgIpc) is 2.43. The molecule has 1 atom stereocenters. The summed E-state index contributed by atoms with van der Waals surface area (Å²) in [5.74, 6) is -0.292. The summed E-state index contributed by atoms with van der Waals surface area (Å²) in [7, 11) is 0. The van der Waals surface area contributed by atoms with Gasteiger partial charge in [-0.05, 0) is 61.7 Å². The number of carbonyl (C=O) groups is 1. The van der Waals surface area contributed by atoms with E-state index in [2.05, 4.69) is 21.2 Å². The molecule has 0 aliphatic heterocycles. The maximum absolute atomic E-state index is 12.4. The van der Waals surface area contributed by atoms with Crippen molar-refractivity contribution < 1.29 is 4.79 Å². The summed E-state index contributed by atoms with van der Waals surface area (Å²) >= 11 is 3.53. The predicted molar refractivity (Wildman–Crippen MR) is 91.5 cm³/mol. The molecule has 0 fully saturated rings. The van der Waals surface area contributed by atoms with Crippen LogP contribution in [0.3, 0.4) is 0 Å². The number of amides is 1. The van der Waals surface area contributed by atoms with E-state index in [4.69, 9.17) is 5.73 Å². The number of benzene rings is 2. The second kappa shape index (κ2) is 6.31. The summed E-state index contributed by atoms with van der Waals surface area (Å²) in [4.78, 5) is 12.4. The fraction of sp³-hybridized carbons (Fsp3) is 0.235. The van der Waals surface area contributed by atoms with E-state index in [1.807, 2.05) is 57.2 Å². The van der Waals surface area contributed by atoms with Gasteiger partial charge in [-0.25, -0.2) is 0 Å². The normalized spacial score (nSPS) is 12.0. The van der Waals surface area contributed by atoms with E-state index in [0.29, 0.717) is 5.69 Å². The lowest BCUT2D eigenvalue weighted by Gasteiger charge is -2.14. The average molecular weight is 347 g/mol. The molecule has 0 aromatic heterocycles. The first-order valence-electron chi connectivity index (χ1n) is 6.81. The van der Waals surface area contributed by atoms with Crippen LogP contribution in [0.25, 0.3) is 0 Å². The standard InChI is InChI=1S/C17H19BrN2O/c1-10-7-15(8-11(2)16(10)18)20-17(21)12(3)13-5-4-6-14(19)9-13/h4-9,12H,19H2,1-3H3,(H,20,21). The van der Waals surface area contributed by atoms with Crippen molar-refractivity contribution in [2.24, 2.45) is 0 Å². The monoisotopic (exact) mass is 346 g/mol. The van der Waals surface area contributed by atoms with Gasteiger partial charge in [0.05, 0.1) is 5.92 Å². The number of nitrogen functional groups attached to an aromatic ring is 1. The van der Waals surface area contributed by atoms with Crippen LogP contribution in [-0.2, 0) is 4.79 Å². The molecule has 0 saturated heterocycles. The highest BCUT2D eigenvalue weighted by atomic mass is 79.9. The minimum absolute atomic E-state index is 0.0401. The van der Waals surface area contributed by atoms with Crippen molar-refractivity contribution in [3.63, 3.8) is 0 Å². The van der Waals surface area contributed by atoms with Crippen LogP contribution < -0.4 is 11.1 Å². The van der Waals surface area contributed by atoms with E-state index in [9.17, 15) is 4.79 Å². The number of hydrogen-bond donors (Lipinski definition) is 2. The van der Waals surface area contributed by atoms with Crippen molar-refractivity contribution in [3.05, 3.63) is 57.6 Å². The largest absolute Gasteiger partial charge is 0.399 e. The van der Waals surface area contributed by atoms with Crippen LogP contribution in [0.1, 0.15) is 29.5 Å². The van der Waals surface area contributed by atoms with E-state index in [0.717, 1.165) is 26.9 Å². The third-order valence-electron chi connectivity index (χ3n) is 3.51. The van der Waals surface area contributed by atoms with Crippen LogP contribution in [0.5, 0.6) is 0 Å². The molecular formula is C17H19BrN2O. The van der Waals surface area contributed by atoms with Crippen LogP contribution in [0, 0.1) is 13.8 Å². The van der Waals surface area contributed by atoms with Gasteiger partial charge in [0.2, 0.25) is 5.91 Å². The number of nitrogens with one attached hydrogen (secondary N) is 1. The molecule has 0 aliphatic rings. The first kappa shape index (κ1) is 15.6. The second-order valence-electron chi connectivity index (χ2n) is 5.31. The Morgan fingerprint density at radius 1 is 1.19 bits per heavy atom. The lowest BCUT2D eigenvalue weighted by Crippen LogP contribution is -2.19. The Morgan fingerprint density at radius 2 is 1.81 bits per heavy atom. The maximum Gasteiger partial charge on any atom is 0.231 e. The van der Waals surface area contributed by atoms with Gasteiger partial charge in [0.1, 0.15) is 0 Å². The number of carbonyl (C=O) groups excluding carboxylic acids is 1. The fourth-order valence-corrected chi connectivity index (χ4v) is 2.48. The molecule has 0 heterocycles. The number of anilines is 2. The molecule has 0 saturated carbocycles. The highest BCUT2D eigenvalue weighted by Gasteiger charge is 2.16. The van der Waals surface area contributed by atoms with Gasteiger partial charge in [-0.15, -0.1) is 0 Å². The minimum Gasteiger partial charge on any atom is -0.399 e. The number of halogens is 1. The highest BCUT2D eigenvalue weighted by Crippen LogP contribution is 2.26. The molecule has 0 spiro atoms. The Hall–Kier alpha value is -1.81. The van der Waals surface area contributed by atoms with Crippen molar-refractivity contribution in [2.45, 2.75) is 26.7 Å². The molecule has 0 bridgehead atoms. The van der Waals surface area contributed by atoms with Crippen molar-refractivity contribution in [3.8, 4) is 0 Å². The van der Waals surface area contributed by atoms with Crippen LogP contribution in [-0.4, -0.2) is 5.91 Å². The van der Waals surface area contributed by atoms with Crippen LogP contribution in [0.15, 0.2) is 40.9 Å². The molecule has 2 aromatic rings. The summed E-state index contributed by atoms with van der Waals surface area (Å²) in [5.41, 5.74) is 10.4. The SMILES string of the molecule is Cc1cc(NC(=O)C(C)c2cccc(N)c2)cc(C)c1Br. The molecule has 3 nitrogen and oxygen atoms in total. The molecule has 2 rings (SSSR count). The summed E-state index contributed by atoms with van der Waals surface area (Å²) in [6.45, 7) is 5.89. The second-order valence-corrected chi connectivity index (χ2v) is 6.10. The molecule has 3 N–H and O–H groups in total. The van der Waals surface area contributed by atoms with E-state index < -0.39 is 0 Å². The Kier molecular flexibility index (Phi) is 4.68. The number of rotatable bonds is 3. The predicted octanol–water partition coefficient (Wildman–Crippen LogP) is 4.39. The van der Waals surface area contributed by atoms with Crippen molar-refractivity contribution >= 4 is 33.2 Å².